The van der Waals surface area contributed by atoms with Gasteiger partial charge in [0.1, 0.15) is 5.82 Å². The van der Waals surface area contributed by atoms with E-state index in [0.29, 0.717) is 24.2 Å². The van der Waals surface area contributed by atoms with Crippen molar-refractivity contribution in [3.8, 4) is 11.1 Å². The van der Waals surface area contributed by atoms with E-state index in [2.05, 4.69) is 10.1 Å². The molecule has 1 aliphatic rings. The zero-order chi connectivity index (χ0) is 16.7. The Morgan fingerprint density at radius 1 is 1.25 bits per heavy atom. The van der Waals surface area contributed by atoms with Crippen molar-refractivity contribution < 1.29 is 13.9 Å². The number of Topliss-reactive ketones (excluding diaryl/α,β-unsaturated/α-hetero) is 1. The number of carbonyl (C=O) groups is 1. The molecule has 0 atom stereocenters. The molecule has 2 heterocycles. The number of ether oxygens (including phenoxy) is 1. The summed E-state index contributed by atoms with van der Waals surface area (Å²) in [5.41, 5.74) is 4.57. The highest BCUT2D eigenvalue weighted by molar-refractivity contribution is 5.98. The lowest BCUT2D eigenvalue weighted by molar-refractivity contribution is 0.0970. The van der Waals surface area contributed by atoms with Crippen LogP contribution in [0.2, 0.25) is 0 Å². The number of carbonyl (C=O) groups excluding carboxylic acids is 1. The smallest absolute Gasteiger partial charge is 0.166 e. The fourth-order valence-corrected chi connectivity index (χ4v) is 3.25. The van der Waals surface area contributed by atoms with E-state index >= 15 is 0 Å². The van der Waals surface area contributed by atoms with Gasteiger partial charge in [-0.2, -0.15) is 5.10 Å². The Morgan fingerprint density at radius 2 is 2.04 bits per heavy atom. The van der Waals surface area contributed by atoms with Gasteiger partial charge < -0.3 is 4.74 Å². The summed E-state index contributed by atoms with van der Waals surface area (Å²) in [5, 5.41) is 4.63. The predicted octanol–water partition coefficient (Wildman–Crippen LogP) is 3.20. The Kier molecular flexibility index (Phi) is 3.61. The summed E-state index contributed by atoms with van der Waals surface area (Å²) in [6.07, 6.45) is 3.79. The van der Waals surface area contributed by atoms with Gasteiger partial charge in [0.05, 0.1) is 29.1 Å². The predicted molar refractivity (Wildman–Crippen MR) is 86.4 cm³/mol. The van der Waals surface area contributed by atoms with Gasteiger partial charge in [0.2, 0.25) is 0 Å². The lowest BCUT2D eigenvalue weighted by Gasteiger charge is -2.14. The van der Waals surface area contributed by atoms with Crippen molar-refractivity contribution in [1.29, 1.82) is 0 Å². The normalized spacial score (nSPS) is 14.2. The Bertz CT molecular complexity index is 932. The van der Waals surface area contributed by atoms with Crippen LogP contribution in [0.1, 0.15) is 34.6 Å². The highest BCUT2D eigenvalue weighted by Gasteiger charge is 2.24. The van der Waals surface area contributed by atoms with Crippen LogP contribution in [0.3, 0.4) is 0 Å². The number of halogens is 1. The third kappa shape index (κ3) is 2.30. The minimum atomic E-state index is -0.292. The average Bonchev–Trinajstić information content (AvgIpc) is 2.95. The van der Waals surface area contributed by atoms with Crippen molar-refractivity contribution in [2.75, 3.05) is 7.11 Å². The zero-order valence-electron chi connectivity index (χ0n) is 13.3. The van der Waals surface area contributed by atoms with Crippen LogP contribution in [0.5, 0.6) is 0 Å². The summed E-state index contributed by atoms with van der Waals surface area (Å²) < 4.78 is 20.3. The van der Waals surface area contributed by atoms with Gasteiger partial charge in [-0.3, -0.25) is 4.79 Å². The monoisotopic (exact) mass is 325 g/mol. The van der Waals surface area contributed by atoms with E-state index < -0.39 is 0 Å². The van der Waals surface area contributed by atoms with Crippen molar-refractivity contribution in [2.24, 2.45) is 0 Å². The Labute approximate surface area is 138 Å². The summed E-state index contributed by atoms with van der Waals surface area (Å²) in [5.74, 6) is -0.183. The van der Waals surface area contributed by atoms with E-state index in [9.17, 15) is 9.18 Å². The van der Waals surface area contributed by atoms with E-state index in [4.69, 9.17) is 4.74 Å². The SMILES string of the molecule is COCc1nn2c3c(cnc2c1-c1ccc(F)cc1)C(=O)CCC3. The molecule has 122 valence electrons. The quantitative estimate of drug-likeness (QED) is 0.742. The number of nitrogens with zero attached hydrogens (tertiary/aromatic N) is 3. The molecular formula is C18H16FN3O2. The highest BCUT2D eigenvalue weighted by Crippen LogP contribution is 2.31. The number of hydrogen-bond donors (Lipinski definition) is 0. The maximum Gasteiger partial charge on any atom is 0.166 e. The number of hydrogen-bond acceptors (Lipinski definition) is 4. The molecule has 0 saturated carbocycles. The van der Waals surface area contributed by atoms with Crippen molar-refractivity contribution >= 4 is 11.4 Å². The van der Waals surface area contributed by atoms with E-state index in [0.717, 1.165) is 35.4 Å². The second-order valence-electron chi connectivity index (χ2n) is 5.89. The van der Waals surface area contributed by atoms with Gasteiger partial charge in [-0.15, -0.1) is 0 Å². The highest BCUT2D eigenvalue weighted by atomic mass is 19.1. The Hall–Kier alpha value is -2.60. The number of benzene rings is 1. The summed E-state index contributed by atoms with van der Waals surface area (Å²) in [6, 6.07) is 6.24. The van der Waals surface area contributed by atoms with Crippen LogP contribution in [0.15, 0.2) is 30.5 Å². The maximum absolute atomic E-state index is 13.3. The van der Waals surface area contributed by atoms with E-state index in [-0.39, 0.29) is 11.6 Å². The van der Waals surface area contributed by atoms with Crippen LogP contribution in [-0.4, -0.2) is 27.5 Å². The van der Waals surface area contributed by atoms with Gasteiger partial charge in [-0.05, 0) is 30.5 Å². The lowest BCUT2D eigenvalue weighted by Crippen LogP contribution is -2.16. The molecule has 2 aromatic heterocycles. The number of aromatic nitrogens is 3. The van der Waals surface area contributed by atoms with E-state index in [1.165, 1.54) is 12.1 Å². The molecule has 0 spiro atoms. The number of ketones is 1. The molecule has 0 aliphatic heterocycles. The molecule has 24 heavy (non-hydrogen) atoms. The first-order valence-electron chi connectivity index (χ1n) is 7.86. The van der Waals surface area contributed by atoms with Crippen molar-refractivity contribution in [1.82, 2.24) is 14.6 Å². The maximum atomic E-state index is 13.3. The van der Waals surface area contributed by atoms with Gasteiger partial charge in [0, 0.05) is 19.7 Å². The van der Waals surface area contributed by atoms with Crippen LogP contribution in [0.4, 0.5) is 4.39 Å². The minimum Gasteiger partial charge on any atom is -0.378 e. The molecule has 5 nitrogen and oxygen atoms in total. The molecule has 0 N–H and O–H groups in total. The molecule has 0 fully saturated rings. The van der Waals surface area contributed by atoms with Crippen molar-refractivity contribution in [3.63, 3.8) is 0 Å². The molecule has 3 aromatic rings. The van der Waals surface area contributed by atoms with Crippen LogP contribution >= 0.6 is 0 Å². The third-order valence-electron chi connectivity index (χ3n) is 4.35. The molecule has 1 aliphatic carbocycles. The third-order valence-corrected chi connectivity index (χ3v) is 4.35. The average molecular weight is 325 g/mol. The van der Waals surface area contributed by atoms with Crippen molar-refractivity contribution in [3.05, 3.63) is 53.2 Å². The molecule has 0 amide bonds. The van der Waals surface area contributed by atoms with Gasteiger partial charge in [-0.25, -0.2) is 13.9 Å². The number of aryl methyl sites for hydroxylation is 1. The fraction of sp³-hybridized carbons (Fsp3) is 0.278. The number of fused-ring (bicyclic) bond motifs is 3. The van der Waals surface area contributed by atoms with Gasteiger partial charge in [0.15, 0.2) is 11.4 Å². The molecule has 0 bridgehead atoms. The van der Waals surface area contributed by atoms with Crippen molar-refractivity contribution in [2.45, 2.75) is 25.9 Å². The molecule has 1 aromatic carbocycles. The van der Waals surface area contributed by atoms with Crippen LogP contribution in [-0.2, 0) is 17.8 Å². The lowest BCUT2D eigenvalue weighted by atomic mass is 9.96. The number of methoxy groups -OCH3 is 1. The molecule has 0 saturated heterocycles. The first kappa shape index (κ1) is 15.0. The first-order chi connectivity index (χ1) is 11.7. The topological polar surface area (TPSA) is 56.5 Å². The molecule has 0 radical (unpaired) electrons. The zero-order valence-corrected chi connectivity index (χ0v) is 13.3. The molecule has 0 unspecified atom stereocenters. The van der Waals surface area contributed by atoms with Gasteiger partial charge >= 0.3 is 0 Å². The van der Waals surface area contributed by atoms with E-state index in [1.807, 2.05) is 0 Å². The number of rotatable bonds is 3. The van der Waals surface area contributed by atoms with Crippen LogP contribution < -0.4 is 0 Å². The van der Waals surface area contributed by atoms with Crippen LogP contribution in [0, 0.1) is 5.82 Å². The Balaban J connectivity index is 1.99. The summed E-state index contributed by atoms with van der Waals surface area (Å²) in [6.45, 7) is 0.318. The van der Waals surface area contributed by atoms with Crippen LogP contribution in [0.25, 0.3) is 16.8 Å². The Morgan fingerprint density at radius 3 is 2.79 bits per heavy atom. The summed E-state index contributed by atoms with van der Waals surface area (Å²) >= 11 is 0. The van der Waals surface area contributed by atoms with Gasteiger partial charge in [0.25, 0.3) is 0 Å². The molecule has 6 heteroatoms. The first-order valence-corrected chi connectivity index (χ1v) is 7.86. The minimum absolute atomic E-state index is 0.109. The summed E-state index contributed by atoms with van der Waals surface area (Å²) in [7, 11) is 1.60. The van der Waals surface area contributed by atoms with E-state index in [1.54, 1.807) is 30.0 Å². The van der Waals surface area contributed by atoms with Gasteiger partial charge in [-0.1, -0.05) is 12.1 Å². The molecular weight excluding hydrogens is 309 g/mol. The second kappa shape index (κ2) is 5.79. The molecule has 4 rings (SSSR count). The summed E-state index contributed by atoms with van der Waals surface area (Å²) in [4.78, 5) is 16.6. The largest absolute Gasteiger partial charge is 0.378 e. The second-order valence-corrected chi connectivity index (χ2v) is 5.89. The standard InChI is InChI=1S/C18H16FN3O2/c1-24-10-14-17(11-5-7-12(19)8-6-11)18-20-9-13-15(22(18)21-14)3-2-4-16(13)23/h5-9H,2-4,10H2,1H3. The fourth-order valence-electron chi connectivity index (χ4n) is 3.25.